The molecule has 1 spiro atoms. The van der Waals surface area contributed by atoms with Crippen LogP contribution in [0.25, 0.3) is 0 Å². The summed E-state index contributed by atoms with van der Waals surface area (Å²) in [7, 11) is 1.13. The largest absolute Gasteiger partial charge is 0.465 e. The highest BCUT2D eigenvalue weighted by atomic mass is 19.4. The van der Waals surface area contributed by atoms with Gasteiger partial charge in [-0.15, -0.1) is 0 Å². The Labute approximate surface area is 159 Å². The summed E-state index contributed by atoms with van der Waals surface area (Å²) in [6.45, 7) is 1.93. The summed E-state index contributed by atoms with van der Waals surface area (Å²) in [6.07, 6.45) is -3.31. The van der Waals surface area contributed by atoms with Gasteiger partial charge >= 0.3 is 12.1 Å². The molecule has 2 unspecified atom stereocenters. The number of fused-ring (bicyclic) bond motifs is 2. The number of nitrogens with zero attached hydrogens (tertiary/aromatic N) is 1. The molecular formula is C20H20F3NO4. The van der Waals surface area contributed by atoms with Crippen molar-refractivity contribution in [1.82, 2.24) is 4.90 Å². The minimum absolute atomic E-state index is 0.00697. The fraction of sp³-hybridized carbons (Fsp3) is 0.550. The Hall–Kier alpha value is -2.38. The maximum absolute atomic E-state index is 13.3. The molecule has 2 fully saturated rings. The number of benzene rings is 1. The van der Waals surface area contributed by atoms with E-state index in [1.807, 2.05) is 6.92 Å². The first-order valence-corrected chi connectivity index (χ1v) is 9.22. The number of ether oxygens (including phenoxy) is 1. The van der Waals surface area contributed by atoms with Gasteiger partial charge in [0.2, 0.25) is 5.91 Å². The van der Waals surface area contributed by atoms with Gasteiger partial charge in [0.05, 0.1) is 23.7 Å². The number of Topliss-reactive ketones (excluding diaryl/α,β-unsaturated/α-hetero) is 1. The number of methoxy groups -OCH3 is 1. The molecular weight excluding hydrogens is 375 g/mol. The molecule has 1 saturated carbocycles. The summed E-state index contributed by atoms with van der Waals surface area (Å²) in [5.74, 6) is -1.04. The van der Waals surface area contributed by atoms with Crippen LogP contribution < -0.4 is 0 Å². The van der Waals surface area contributed by atoms with E-state index in [4.69, 9.17) is 4.74 Å². The van der Waals surface area contributed by atoms with Crippen LogP contribution in [0, 0.1) is 11.3 Å². The van der Waals surface area contributed by atoms with Gasteiger partial charge in [0, 0.05) is 25.4 Å². The zero-order chi connectivity index (χ0) is 20.4. The second-order valence-electron chi connectivity index (χ2n) is 8.02. The van der Waals surface area contributed by atoms with Crippen molar-refractivity contribution in [2.45, 2.75) is 51.4 Å². The van der Waals surface area contributed by atoms with Crippen LogP contribution in [0.2, 0.25) is 0 Å². The lowest BCUT2D eigenvalue weighted by atomic mass is 9.73. The predicted molar refractivity (Wildman–Crippen MR) is 91.3 cm³/mol. The highest BCUT2D eigenvalue weighted by Crippen LogP contribution is 2.54. The van der Waals surface area contributed by atoms with Crippen molar-refractivity contribution < 1.29 is 32.3 Å². The van der Waals surface area contributed by atoms with E-state index in [1.54, 1.807) is 4.90 Å². The first-order chi connectivity index (χ1) is 13.1. The molecule has 1 amide bonds. The molecule has 2 aliphatic heterocycles. The highest BCUT2D eigenvalue weighted by molar-refractivity contribution is 5.96. The molecule has 0 aromatic heterocycles. The maximum atomic E-state index is 13.3. The molecule has 5 nitrogen and oxygen atoms in total. The normalized spacial score (nSPS) is 29.2. The van der Waals surface area contributed by atoms with E-state index in [-0.39, 0.29) is 48.6 Å². The van der Waals surface area contributed by atoms with Crippen LogP contribution in [0.5, 0.6) is 0 Å². The van der Waals surface area contributed by atoms with Gasteiger partial charge in [0.25, 0.3) is 0 Å². The Bertz CT molecular complexity index is 894. The number of amides is 1. The number of halogens is 3. The van der Waals surface area contributed by atoms with Crippen molar-refractivity contribution in [3.05, 3.63) is 34.4 Å². The molecule has 2 heterocycles. The number of ketones is 1. The van der Waals surface area contributed by atoms with E-state index in [1.165, 1.54) is 0 Å². The molecule has 3 aliphatic rings. The van der Waals surface area contributed by atoms with Gasteiger partial charge in [0.15, 0.2) is 0 Å². The van der Waals surface area contributed by atoms with Crippen molar-refractivity contribution in [2.75, 3.05) is 7.11 Å². The number of esters is 1. The number of carbonyl (C=O) groups excluding carboxylic acids is 3. The first kappa shape index (κ1) is 19.0. The molecule has 1 saturated heterocycles. The van der Waals surface area contributed by atoms with E-state index < -0.39 is 23.1 Å². The summed E-state index contributed by atoms with van der Waals surface area (Å²) in [5, 5.41) is 0. The number of hydrogen-bond donors (Lipinski definition) is 0. The van der Waals surface area contributed by atoms with Gasteiger partial charge in [-0.1, -0.05) is 6.92 Å². The average Bonchev–Trinajstić information content (AvgIpc) is 3.13. The SMILES string of the molecule is COC(=O)c1cc(C(F)(F)F)cc2c1CC1C(C)[C@@]3(CCC(=O)C3)C(=O)N1C2. The van der Waals surface area contributed by atoms with Gasteiger partial charge in [-0.05, 0) is 42.0 Å². The van der Waals surface area contributed by atoms with Gasteiger partial charge in [0.1, 0.15) is 5.78 Å². The minimum Gasteiger partial charge on any atom is -0.465 e. The molecule has 0 bridgehead atoms. The van der Waals surface area contributed by atoms with Gasteiger partial charge < -0.3 is 9.64 Å². The fourth-order valence-corrected chi connectivity index (χ4v) is 5.17. The van der Waals surface area contributed by atoms with Crippen molar-refractivity contribution in [3.63, 3.8) is 0 Å². The van der Waals surface area contributed by atoms with Crippen LogP contribution in [-0.4, -0.2) is 35.7 Å². The second-order valence-corrected chi connectivity index (χ2v) is 8.02. The lowest BCUT2D eigenvalue weighted by Crippen LogP contribution is -2.41. The second kappa shape index (κ2) is 6.06. The van der Waals surface area contributed by atoms with Crippen molar-refractivity contribution >= 4 is 17.7 Å². The Morgan fingerprint density at radius 1 is 1.29 bits per heavy atom. The van der Waals surface area contributed by atoms with Crippen LogP contribution >= 0.6 is 0 Å². The van der Waals surface area contributed by atoms with Crippen molar-refractivity contribution in [2.24, 2.45) is 11.3 Å². The molecule has 0 N–H and O–H groups in total. The number of carbonyl (C=O) groups is 3. The fourth-order valence-electron chi connectivity index (χ4n) is 5.17. The summed E-state index contributed by atoms with van der Waals surface area (Å²) >= 11 is 0. The molecule has 1 aromatic rings. The third kappa shape index (κ3) is 2.57. The third-order valence-electron chi connectivity index (χ3n) is 6.73. The van der Waals surface area contributed by atoms with Crippen LogP contribution in [0.1, 0.15) is 53.2 Å². The zero-order valence-electron chi connectivity index (χ0n) is 15.6. The Kier molecular flexibility index (Phi) is 4.10. The average molecular weight is 395 g/mol. The molecule has 1 aliphatic carbocycles. The molecule has 4 rings (SSSR count). The third-order valence-corrected chi connectivity index (χ3v) is 6.73. The van der Waals surface area contributed by atoms with E-state index >= 15 is 0 Å². The van der Waals surface area contributed by atoms with Crippen molar-refractivity contribution in [3.8, 4) is 0 Å². The van der Waals surface area contributed by atoms with E-state index in [0.29, 0.717) is 24.0 Å². The van der Waals surface area contributed by atoms with Crippen LogP contribution in [0.3, 0.4) is 0 Å². The first-order valence-electron chi connectivity index (χ1n) is 9.22. The van der Waals surface area contributed by atoms with E-state index in [9.17, 15) is 27.6 Å². The maximum Gasteiger partial charge on any atom is 0.416 e. The Balaban J connectivity index is 1.80. The highest BCUT2D eigenvalue weighted by Gasteiger charge is 2.60. The smallest absolute Gasteiger partial charge is 0.416 e. The molecule has 0 radical (unpaired) electrons. The van der Waals surface area contributed by atoms with E-state index in [0.717, 1.165) is 19.2 Å². The summed E-state index contributed by atoms with van der Waals surface area (Å²) in [6, 6.07) is 1.60. The summed E-state index contributed by atoms with van der Waals surface area (Å²) in [5.41, 5.74) is -0.983. The molecule has 1 aromatic carbocycles. The number of hydrogen-bond acceptors (Lipinski definition) is 4. The lowest BCUT2D eigenvalue weighted by Gasteiger charge is -2.34. The molecule has 3 atom stereocenters. The Morgan fingerprint density at radius 2 is 2.00 bits per heavy atom. The standard InChI is InChI=1S/C20H20F3NO4/c1-10-16-7-14-11(5-12(20(21,22)23)6-15(14)17(26)28-2)9-24(16)18(27)19(10)4-3-13(25)8-19/h5-6,10,16H,3-4,7-9H2,1-2H3/t10?,16?,19-/m0/s1. The van der Waals surface area contributed by atoms with Crippen LogP contribution in [0.4, 0.5) is 13.2 Å². The molecule has 8 heteroatoms. The van der Waals surface area contributed by atoms with Gasteiger partial charge in [-0.25, -0.2) is 4.79 Å². The number of alkyl halides is 3. The molecule has 28 heavy (non-hydrogen) atoms. The van der Waals surface area contributed by atoms with Crippen LogP contribution in [-0.2, 0) is 33.5 Å². The quantitative estimate of drug-likeness (QED) is 0.686. The van der Waals surface area contributed by atoms with Crippen LogP contribution in [0.15, 0.2) is 12.1 Å². The minimum atomic E-state index is -4.62. The predicted octanol–water partition coefficient (Wildman–Crippen LogP) is 3.13. The lowest BCUT2D eigenvalue weighted by molar-refractivity contribution is -0.138. The van der Waals surface area contributed by atoms with Crippen molar-refractivity contribution in [1.29, 1.82) is 0 Å². The monoisotopic (exact) mass is 395 g/mol. The van der Waals surface area contributed by atoms with E-state index in [2.05, 4.69) is 0 Å². The summed E-state index contributed by atoms with van der Waals surface area (Å²) in [4.78, 5) is 38.8. The van der Waals surface area contributed by atoms with Gasteiger partial charge in [-0.3, -0.25) is 9.59 Å². The Morgan fingerprint density at radius 3 is 2.57 bits per heavy atom. The van der Waals surface area contributed by atoms with Gasteiger partial charge in [-0.2, -0.15) is 13.2 Å². The summed E-state index contributed by atoms with van der Waals surface area (Å²) < 4.78 is 44.7. The zero-order valence-corrected chi connectivity index (χ0v) is 15.6. The number of rotatable bonds is 1. The molecule has 150 valence electrons. The topological polar surface area (TPSA) is 63.7 Å².